The van der Waals surface area contributed by atoms with Gasteiger partial charge in [-0.15, -0.1) is 11.8 Å². The first-order valence-corrected chi connectivity index (χ1v) is 11.3. The third-order valence-electron chi connectivity index (χ3n) is 5.24. The topological polar surface area (TPSA) is 66.5 Å². The lowest BCUT2D eigenvalue weighted by Crippen LogP contribution is -2.30. The molecule has 1 aliphatic heterocycles. The van der Waals surface area contributed by atoms with E-state index < -0.39 is 23.2 Å². The largest absolute Gasteiger partial charge is 0.320 e. The van der Waals surface area contributed by atoms with Crippen LogP contribution in [0.1, 0.15) is 12.8 Å². The van der Waals surface area contributed by atoms with Gasteiger partial charge in [0.1, 0.15) is 5.69 Å². The summed E-state index contributed by atoms with van der Waals surface area (Å²) in [5, 5.41) is 2.24. The van der Waals surface area contributed by atoms with Crippen LogP contribution in [0.4, 0.5) is 20.2 Å². The van der Waals surface area contributed by atoms with Crippen LogP contribution in [0, 0.1) is 23.5 Å². The smallest absolute Gasteiger partial charge is 0.238 e. The monoisotopic (exact) mass is 506 g/mol. The number of hydrogen-bond acceptors (Lipinski definition) is 4. The maximum Gasteiger partial charge on any atom is 0.238 e. The Hall–Kier alpha value is -2.52. The Kier molecular flexibility index (Phi) is 6.24. The molecule has 5 nitrogen and oxygen atoms in total. The van der Waals surface area contributed by atoms with Crippen molar-refractivity contribution in [1.82, 2.24) is 0 Å². The zero-order valence-electron chi connectivity index (χ0n) is 16.1. The number of carbonyl (C=O) groups excluding carboxylic acids is 3. The maximum absolute atomic E-state index is 13.8. The summed E-state index contributed by atoms with van der Waals surface area (Å²) < 4.78 is 27.9. The molecule has 0 radical (unpaired) electrons. The molecule has 31 heavy (non-hydrogen) atoms. The summed E-state index contributed by atoms with van der Waals surface area (Å²) >= 11 is 4.16. The van der Waals surface area contributed by atoms with Crippen LogP contribution >= 0.6 is 27.7 Å². The lowest BCUT2D eigenvalue weighted by atomic mass is 9.85. The van der Waals surface area contributed by atoms with E-state index in [-0.39, 0.29) is 33.9 Å². The van der Waals surface area contributed by atoms with Gasteiger partial charge in [0.15, 0.2) is 11.6 Å². The molecule has 2 aromatic carbocycles. The number of imide groups is 1. The van der Waals surface area contributed by atoms with E-state index in [1.165, 1.54) is 16.7 Å². The number of nitrogens with zero attached hydrogens (tertiary/aromatic N) is 1. The molecular weight excluding hydrogens is 490 g/mol. The van der Waals surface area contributed by atoms with Gasteiger partial charge in [-0.1, -0.05) is 28.1 Å². The molecule has 1 heterocycles. The van der Waals surface area contributed by atoms with E-state index in [1.54, 1.807) is 24.3 Å². The molecule has 160 valence electrons. The van der Waals surface area contributed by atoms with Crippen LogP contribution in [0.2, 0.25) is 0 Å². The number of anilines is 2. The standard InChI is InChI=1S/C22H17BrF2N2O3S/c23-12-9-17(24)20(18(25)10-12)26-19(28)11-31-14-7-5-13(6-8-14)27-21(29)15-3-1-2-4-16(15)22(27)30/h1-2,5-10,15-16H,3-4,11H2,(H,26,28)/t15-,16-/m0/s1. The predicted octanol–water partition coefficient (Wildman–Crippen LogP) is 4.91. The first-order valence-electron chi connectivity index (χ1n) is 9.55. The van der Waals surface area contributed by atoms with Crippen LogP contribution in [-0.4, -0.2) is 23.5 Å². The summed E-state index contributed by atoms with van der Waals surface area (Å²) in [6.07, 6.45) is 5.03. The van der Waals surface area contributed by atoms with Gasteiger partial charge in [0.05, 0.1) is 23.3 Å². The molecular formula is C22H17BrF2N2O3S. The molecule has 0 aromatic heterocycles. The highest BCUT2D eigenvalue weighted by Gasteiger charge is 2.47. The molecule has 0 spiro atoms. The minimum Gasteiger partial charge on any atom is -0.320 e. The van der Waals surface area contributed by atoms with Crippen molar-refractivity contribution >= 4 is 56.8 Å². The second-order valence-corrected chi connectivity index (χ2v) is 9.21. The average Bonchev–Trinajstić information content (AvgIpc) is 3.00. The van der Waals surface area contributed by atoms with Gasteiger partial charge in [0.25, 0.3) is 0 Å². The van der Waals surface area contributed by atoms with Gasteiger partial charge in [-0.25, -0.2) is 8.78 Å². The summed E-state index contributed by atoms with van der Waals surface area (Å²) in [5.41, 5.74) is 0.00312. The Morgan fingerprint density at radius 2 is 1.58 bits per heavy atom. The van der Waals surface area contributed by atoms with Crippen LogP contribution in [0.3, 0.4) is 0 Å². The van der Waals surface area contributed by atoms with Crippen LogP contribution in [0.25, 0.3) is 0 Å². The van der Waals surface area contributed by atoms with E-state index in [2.05, 4.69) is 21.2 Å². The van der Waals surface area contributed by atoms with Gasteiger partial charge < -0.3 is 5.32 Å². The summed E-state index contributed by atoms with van der Waals surface area (Å²) in [6.45, 7) is 0. The number of hydrogen-bond donors (Lipinski definition) is 1. The number of thioether (sulfide) groups is 1. The van der Waals surface area contributed by atoms with E-state index in [0.717, 1.165) is 12.1 Å². The maximum atomic E-state index is 13.8. The molecule has 1 N–H and O–H groups in total. The Morgan fingerprint density at radius 1 is 1.03 bits per heavy atom. The van der Waals surface area contributed by atoms with Crippen LogP contribution in [-0.2, 0) is 14.4 Å². The summed E-state index contributed by atoms with van der Waals surface area (Å²) in [6, 6.07) is 8.86. The third-order valence-corrected chi connectivity index (χ3v) is 6.71. The van der Waals surface area contributed by atoms with Crippen molar-refractivity contribution in [3.05, 3.63) is 64.7 Å². The van der Waals surface area contributed by atoms with Gasteiger partial charge in [-0.3, -0.25) is 19.3 Å². The minimum atomic E-state index is -0.870. The molecule has 2 aromatic rings. The number of nitrogens with one attached hydrogen (secondary N) is 1. The third kappa shape index (κ3) is 4.43. The van der Waals surface area contributed by atoms with Crippen molar-refractivity contribution in [2.45, 2.75) is 17.7 Å². The number of halogens is 3. The van der Waals surface area contributed by atoms with E-state index in [4.69, 9.17) is 0 Å². The quantitative estimate of drug-likeness (QED) is 0.355. The van der Waals surface area contributed by atoms with Crippen molar-refractivity contribution < 1.29 is 23.2 Å². The number of amides is 3. The lowest BCUT2D eigenvalue weighted by molar-refractivity contribution is -0.122. The normalized spacial score (nSPS) is 20.2. The van der Waals surface area contributed by atoms with Crippen molar-refractivity contribution in [2.24, 2.45) is 11.8 Å². The number of benzene rings is 2. The molecule has 1 fully saturated rings. The molecule has 4 rings (SSSR count). The van der Waals surface area contributed by atoms with Crippen molar-refractivity contribution in [2.75, 3.05) is 16.0 Å². The molecule has 0 unspecified atom stereocenters. The Balaban J connectivity index is 1.38. The van der Waals surface area contributed by atoms with Gasteiger partial charge >= 0.3 is 0 Å². The number of fused-ring (bicyclic) bond motifs is 1. The zero-order valence-corrected chi connectivity index (χ0v) is 18.5. The highest BCUT2D eigenvalue weighted by Crippen LogP contribution is 2.38. The molecule has 0 bridgehead atoms. The fourth-order valence-corrected chi connectivity index (χ4v) is 4.83. The molecule has 3 amide bonds. The van der Waals surface area contributed by atoms with Crippen LogP contribution in [0.15, 0.2) is 57.9 Å². The Morgan fingerprint density at radius 3 is 2.13 bits per heavy atom. The van der Waals surface area contributed by atoms with Crippen molar-refractivity contribution in [3.8, 4) is 0 Å². The molecule has 2 atom stereocenters. The highest BCUT2D eigenvalue weighted by molar-refractivity contribution is 9.10. The molecule has 0 saturated carbocycles. The van der Waals surface area contributed by atoms with Gasteiger partial charge in [0, 0.05) is 9.37 Å². The average molecular weight is 507 g/mol. The van der Waals surface area contributed by atoms with Crippen LogP contribution < -0.4 is 10.2 Å². The summed E-state index contributed by atoms with van der Waals surface area (Å²) in [5.74, 6) is -3.32. The SMILES string of the molecule is O=C(CSc1ccc(N2C(=O)[C@H]3CC=CC[C@@H]3C2=O)cc1)Nc1c(F)cc(Br)cc1F. The summed E-state index contributed by atoms with van der Waals surface area (Å²) in [7, 11) is 0. The van der Waals surface area contributed by atoms with Crippen molar-refractivity contribution in [3.63, 3.8) is 0 Å². The minimum absolute atomic E-state index is 0.0638. The van der Waals surface area contributed by atoms with E-state index in [0.29, 0.717) is 23.4 Å². The fourth-order valence-electron chi connectivity index (χ4n) is 3.73. The zero-order chi connectivity index (χ0) is 22.1. The predicted molar refractivity (Wildman–Crippen MR) is 118 cm³/mol. The second-order valence-electron chi connectivity index (χ2n) is 7.24. The summed E-state index contributed by atoms with van der Waals surface area (Å²) in [4.78, 5) is 39.4. The molecule has 9 heteroatoms. The Labute approximate surface area is 190 Å². The fraction of sp³-hybridized carbons (Fsp3) is 0.227. The number of allylic oxidation sites excluding steroid dienone is 2. The molecule has 1 saturated heterocycles. The highest BCUT2D eigenvalue weighted by atomic mass is 79.9. The first-order chi connectivity index (χ1) is 14.8. The molecule has 2 aliphatic rings. The van der Waals surface area contributed by atoms with E-state index in [1.807, 2.05) is 12.2 Å². The lowest BCUT2D eigenvalue weighted by Gasteiger charge is -2.15. The van der Waals surface area contributed by atoms with Gasteiger partial charge in [-0.2, -0.15) is 0 Å². The number of carbonyl (C=O) groups is 3. The Bertz CT molecular complexity index is 1040. The first kappa shape index (κ1) is 21.7. The van der Waals surface area contributed by atoms with E-state index in [9.17, 15) is 23.2 Å². The number of rotatable bonds is 5. The van der Waals surface area contributed by atoms with Gasteiger partial charge in [0.2, 0.25) is 17.7 Å². The van der Waals surface area contributed by atoms with E-state index >= 15 is 0 Å². The second kappa shape index (κ2) is 8.92. The van der Waals surface area contributed by atoms with Crippen molar-refractivity contribution in [1.29, 1.82) is 0 Å². The van der Waals surface area contributed by atoms with Crippen LogP contribution in [0.5, 0.6) is 0 Å². The molecule has 1 aliphatic carbocycles. The van der Waals surface area contributed by atoms with Gasteiger partial charge in [-0.05, 0) is 49.2 Å².